The Kier molecular flexibility index (Phi) is 7.93. The molecule has 1 aliphatic carbocycles. The molecule has 1 aromatic rings. The van der Waals surface area contributed by atoms with E-state index in [0.29, 0.717) is 46.6 Å². The molecule has 0 bridgehead atoms. The van der Waals surface area contributed by atoms with Crippen LogP contribution in [0.1, 0.15) is 69.8 Å². The van der Waals surface area contributed by atoms with Gasteiger partial charge < -0.3 is 20.0 Å². The highest BCUT2D eigenvalue weighted by Crippen LogP contribution is 2.46. The van der Waals surface area contributed by atoms with Crippen molar-refractivity contribution in [3.63, 3.8) is 0 Å². The highest BCUT2D eigenvalue weighted by molar-refractivity contribution is 7.20. The molecule has 3 rings (SSSR count). The van der Waals surface area contributed by atoms with Crippen molar-refractivity contribution in [2.24, 2.45) is 0 Å². The Morgan fingerprint density at radius 3 is 2.53 bits per heavy atom. The van der Waals surface area contributed by atoms with Crippen LogP contribution in [-0.2, 0) is 4.79 Å². The Morgan fingerprint density at radius 1 is 1.27 bits per heavy atom. The highest BCUT2D eigenvalue weighted by atomic mass is 35.5. The average molecular weight is 477 g/mol. The van der Waals surface area contributed by atoms with Gasteiger partial charge in [0.2, 0.25) is 5.91 Å². The van der Waals surface area contributed by atoms with Gasteiger partial charge in [0.25, 0.3) is 0 Å². The second-order valence-electron chi connectivity index (χ2n) is 8.43. The number of halogens is 2. The summed E-state index contributed by atoms with van der Waals surface area (Å²) < 4.78 is 0.924. The van der Waals surface area contributed by atoms with Crippen LogP contribution in [0.4, 0.5) is 4.79 Å². The number of unbranched alkanes of at least 4 members (excludes halogenated alkanes) is 1. The lowest BCUT2D eigenvalue weighted by Crippen LogP contribution is -2.58. The van der Waals surface area contributed by atoms with Crippen molar-refractivity contribution in [3.05, 3.63) is 20.3 Å². The summed E-state index contributed by atoms with van der Waals surface area (Å²) in [5.41, 5.74) is -0.571. The molecule has 2 atom stereocenters. The van der Waals surface area contributed by atoms with Gasteiger partial charge in [0.15, 0.2) is 0 Å². The molecule has 2 heterocycles. The van der Waals surface area contributed by atoms with Crippen LogP contribution in [0.15, 0.2) is 6.07 Å². The van der Waals surface area contributed by atoms with Crippen LogP contribution in [0.5, 0.6) is 0 Å². The fourth-order valence-electron chi connectivity index (χ4n) is 4.83. The Hall–Kier alpha value is -1.02. The lowest BCUT2D eigenvalue weighted by Gasteiger charge is -2.44. The molecule has 6 nitrogen and oxygen atoms in total. The number of carbonyl (C=O) groups excluding carboxylic acids is 1. The molecule has 0 aromatic carbocycles. The third kappa shape index (κ3) is 5.06. The van der Waals surface area contributed by atoms with Crippen LogP contribution in [0.3, 0.4) is 0 Å². The van der Waals surface area contributed by atoms with E-state index in [1.54, 1.807) is 11.0 Å². The first-order valence-corrected chi connectivity index (χ1v) is 12.3. The molecule has 1 aliphatic heterocycles. The summed E-state index contributed by atoms with van der Waals surface area (Å²) in [6.07, 6.45) is 5.48. The predicted octanol–water partition coefficient (Wildman–Crippen LogP) is 5.21. The number of rotatable bonds is 6. The van der Waals surface area contributed by atoms with Gasteiger partial charge in [-0.05, 0) is 30.9 Å². The lowest BCUT2D eigenvalue weighted by atomic mass is 9.72. The fourth-order valence-corrected chi connectivity index (χ4v) is 6.36. The minimum Gasteiger partial charge on any atom is -0.465 e. The molecule has 1 aromatic heterocycles. The Balaban J connectivity index is 1.89. The van der Waals surface area contributed by atoms with Crippen molar-refractivity contribution in [1.82, 2.24) is 9.80 Å². The summed E-state index contributed by atoms with van der Waals surface area (Å²) in [6.45, 7) is 3.00. The molecule has 2 fully saturated rings. The third-order valence-electron chi connectivity index (χ3n) is 6.43. The smallest absolute Gasteiger partial charge is 0.407 e. The van der Waals surface area contributed by atoms with Crippen LogP contribution < -0.4 is 0 Å². The van der Waals surface area contributed by atoms with E-state index in [1.807, 2.05) is 0 Å². The quantitative estimate of drug-likeness (QED) is 0.589. The predicted molar refractivity (Wildman–Crippen MR) is 120 cm³/mol. The molecular weight excluding hydrogens is 447 g/mol. The number of hydrogen-bond acceptors (Lipinski definition) is 4. The Bertz CT molecular complexity index is 766. The highest BCUT2D eigenvalue weighted by Gasteiger charge is 2.47. The number of piperazine rings is 1. The maximum Gasteiger partial charge on any atom is 0.407 e. The molecule has 1 saturated heterocycles. The second kappa shape index (κ2) is 10.1. The fraction of sp³-hybridized carbons (Fsp3) is 0.714. The second-order valence-corrected chi connectivity index (χ2v) is 10.7. The zero-order chi connectivity index (χ0) is 21.9. The molecule has 30 heavy (non-hydrogen) atoms. The van der Waals surface area contributed by atoms with Gasteiger partial charge in [0.05, 0.1) is 26.2 Å². The van der Waals surface area contributed by atoms with E-state index in [9.17, 15) is 19.8 Å². The molecule has 2 amide bonds. The summed E-state index contributed by atoms with van der Waals surface area (Å²) >= 11 is 13.8. The van der Waals surface area contributed by atoms with Gasteiger partial charge in [-0.15, -0.1) is 11.3 Å². The van der Waals surface area contributed by atoms with Crippen LogP contribution in [0.25, 0.3) is 0 Å². The van der Waals surface area contributed by atoms with Crippen molar-refractivity contribution in [2.75, 3.05) is 19.6 Å². The molecule has 0 spiro atoms. The first-order chi connectivity index (χ1) is 14.3. The minimum atomic E-state index is -1.16. The van der Waals surface area contributed by atoms with Gasteiger partial charge >= 0.3 is 6.09 Å². The molecule has 0 radical (unpaired) electrons. The summed E-state index contributed by atoms with van der Waals surface area (Å²) in [6, 6.07) is 1.47. The van der Waals surface area contributed by atoms with Crippen molar-refractivity contribution in [1.29, 1.82) is 0 Å². The van der Waals surface area contributed by atoms with Gasteiger partial charge in [0, 0.05) is 19.6 Å². The molecule has 9 heteroatoms. The van der Waals surface area contributed by atoms with Crippen molar-refractivity contribution in [3.8, 4) is 0 Å². The summed E-state index contributed by atoms with van der Waals surface area (Å²) in [4.78, 5) is 28.6. The lowest BCUT2D eigenvalue weighted by molar-refractivity contribution is -0.144. The van der Waals surface area contributed by atoms with E-state index in [2.05, 4.69) is 6.92 Å². The molecule has 2 N–H and O–H groups in total. The minimum absolute atomic E-state index is 0.178. The maximum absolute atomic E-state index is 13.8. The van der Waals surface area contributed by atoms with Gasteiger partial charge in [-0.25, -0.2) is 4.79 Å². The maximum atomic E-state index is 13.8. The third-order valence-corrected chi connectivity index (χ3v) is 7.95. The number of nitrogens with zero attached hydrogens (tertiary/aromatic N) is 2. The summed E-state index contributed by atoms with van der Waals surface area (Å²) in [5, 5.41) is 21.1. The number of carboxylic acid groups (broad SMARTS) is 1. The molecular formula is C21H30Cl2N2O4S. The average Bonchev–Trinajstić information content (AvgIpc) is 3.03. The number of thiophene rings is 1. The Morgan fingerprint density at radius 2 is 1.97 bits per heavy atom. The molecule has 2 unspecified atom stereocenters. The van der Waals surface area contributed by atoms with Crippen LogP contribution >= 0.6 is 34.5 Å². The summed E-state index contributed by atoms with van der Waals surface area (Å²) in [5.74, 6) is -0.959. The SMILES string of the molecule is CCCCC1CN(C(=O)C(c2cc(Cl)sc2Cl)C2(O)CCCCC2)CCN1C(=O)O. The van der Waals surface area contributed by atoms with Crippen molar-refractivity contribution >= 4 is 46.5 Å². The van der Waals surface area contributed by atoms with E-state index in [0.717, 1.165) is 32.1 Å². The van der Waals surface area contributed by atoms with Crippen molar-refractivity contribution in [2.45, 2.75) is 75.9 Å². The first-order valence-electron chi connectivity index (χ1n) is 10.7. The molecule has 1 saturated carbocycles. The van der Waals surface area contributed by atoms with Crippen LogP contribution in [0, 0.1) is 0 Å². The summed E-state index contributed by atoms with van der Waals surface area (Å²) in [7, 11) is 0. The van der Waals surface area contributed by atoms with Gasteiger partial charge in [-0.1, -0.05) is 62.2 Å². The topological polar surface area (TPSA) is 81.1 Å². The van der Waals surface area contributed by atoms with Gasteiger partial charge in [-0.2, -0.15) is 0 Å². The number of hydrogen-bond donors (Lipinski definition) is 2. The van der Waals surface area contributed by atoms with E-state index >= 15 is 0 Å². The number of aliphatic hydroxyl groups is 1. The van der Waals surface area contributed by atoms with Crippen LogP contribution in [-0.4, -0.2) is 63.3 Å². The first kappa shape index (κ1) is 23.6. The van der Waals surface area contributed by atoms with E-state index in [1.165, 1.54) is 16.2 Å². The van der Waals surface area contributed by atoms with E-state index in [-0.39, 0.29) is 18.5 Å². The number of carbonyl (C=O) groups is 2. The van der Waals surface area contributed by atoms with Crippen molar-refractivity contribution < 1.29 is 19.8 Å². The zero-order valence-corrected chi connectivity index (χ0v) is 19.6. The Labute approximate surface area is 191 Å². The molecule has 168 valence electrons. The normalized spacial score (nSPS) is 22.7. The van der Waals surface area contributed by atoms with E-state index in [4.69, 9.17) is 23.2 Å². The van der Waals surface area contributed by atoms with E-state index < -0.39 is 17.6 Å². The largest absolute Gasteiger partial charge is 0.465 e. The van der Waals surface area contributed by atoms with Gasteiger partial charge in [0.1, 0.15) is 0 Å². The molecule has 2 aliphatic rings. The standard InChI is InChI=1S/C21H30Cl2N2O4S/c1-2-3-7-14-13-24(10-11-25(14)20(27)28)19(26)17(15-12-16(22)30-18(15)23)21(29)8-5-4-6-9-21/h12,14,17,29H,2-11,13H2,1H3,(H,27,28). The zero-order valence-electron chi connectivity index (χ0n) is 17.3. The number of amides is 2. The monoisotopic (exact) mass is 476 g/mol. The van der Waals surface area contributed by atoms with Gasteiger partial charge in [-0.3, -0.25) is 4.79 Å². The van der Waals surface area contributed by atoms with Crippen LogP contribution in [0.2, 0.25) is 8.67 Å².